The maximum atomic E-state index is 13.4. The molecule has 0 aliphatic rings. The van der Waals surface area contributed by atoms with Crippen molar-refractivity contribution in [1.82, 2.24) is 19.7 Å². The highest BCUT2D eigenvalue weighted by Crippen LogP contribution is 2.34. The molecule has 8 nitrogen and oxygen atoms in total. The number of halogens is 3. The maximum Gasteiger partial charge on any atom is 0.416 e. The summed E-state index contributed by atoms with van der Waals surface area (Å²) in [6.45, 7) is 3.93. The summed E-state index contributed by atoms with van der Waals surface area (Å²) < 4.78 is 52.5. The van der Waals surface area contributed by atoms with Crippen LogP contribution in [0.3, 0.4) is 0 Å². The highest BCUT2D eigenvalue weighted by atomic mass is 32.2. The summed E-state index contributed by atoms with van der Waals surface area (Å²) in [5, 5.41) is 11.4. The Labute approximate surface area is 218 Å². The fourth-order valence-corrected chi connectivity index (χ4v) is 4.41. The first-order valence-electron chi connectivity index (χ1n) is 11.3. The van der Waals surface area contributed by atoms with E-state index in [1.165, 1.54) is 29.2 Å². The summed E-state index contributed by atoms with van der Waals surface area (Å²) >= 11 is 1.14. The quantitative estimate of drug-likeness (QED) is 0.230. The van der Waals surface area contributed by atoms with Crippen LogP contribution in [-0.4, -0.2) is 25.7 Å². The van der Waals surface area contributed by atoms with Crippen molar-refractivity contribution in [3.05, 3.63) is 95.4 Å². The zero-order valence-electron chi connectivity index (χ0n) is 20.1. The molecule has 0 radical (unpaired) electrons. The fourth-order valence-electron chi connectivity index (χ4n) is 3.60. The molecule has 1 N–H and O–H groups in total. The van der Waals surface area contributed by atoms with Crippen LogP contribution in [0.2, 0.25) is 0 Å². The Morgan fingerprint density at radius 2 is 1.87 bits per heavy atom. The minimum Gasteiger partial charge on any atom is -0.461 e. The van der Waals surface area contributed by atoms with Gasteiger partial charge in [0.05, 0.1) is 23.3 Å². The van der Waals surface area contributed by atoms with Gasteiger partial charge in [0.1, 0.15) is 6.26 Å². The van der Waals surface area contributed by atoms with E-state index in [0.29, 0.717) is 11.4 Å². The largest absolute Gasteiger partial charge is 0.461 e. The van der Waals surface area contributed by atoms with E-state index >= 15 is 0 Å². The third-order valence-corrected chi connectivity index (χ3v) is 6.59. The number of anilines is 1. The number of hydrogen-bond acceptors (Lipinski definition) is 7. The Kier molecular flexibility index (Phi) is 6.81. The lowest BCUT2D eigenvalue weighted by atomic mass is 10.1. The molecule has 5 rings (SSSR count). The number of alkyl halides is 3. The first-order chi connectivity index (χ1) is 18.2. The normalized spacial score (nSPS) is 11.6. The van der Waals surface area contributed by atoms with Gasteiger partial charge in [-0.1, -0.05) is 23.9 Å². The molecule has 1 amide bonds. The van der Waals surface area contributed by atoms with E-state index in [-0.39, 0.29) is 34.0 Å². The molecule has 3 aromatic heterocycles. The zero-order valence-corrected chi connectivity index (χ0v) is 20.9. The van der Waals surface area contributed by atoms with E-state index in [2.05, 4.69) is 20.5 Å². The van der Waals surface area contributed by atoms with Gasteiger partial charge in [0, 0.05) is 5.69 Å². The van der Waals surface area contributed by atoms with E-state index < -0.39 is 17.6 Å². The van der Waals surface area contributed by atoms with Crippen LogP contribution in [0, 0.1) is 13.8 Å². The van der Waals surface area contributed by atoms with Crippen LogP contribution in [0.1, 0.15) is 33.1 Å². The van der Waals surface area contributed by atoms with Crippen molar-refractivity contribution < 1.29 is 26.8 Å². The van der Waals surface area contributed by atoms with E-state index in [9.17, 15) is 18.0 Å². The molecule has 0 bridgehead atoms. The minimum absolute atomic E-state index is 0.0921. The molecule has 5 aromatic rings. The van der Waals surface area contributed by atoms with Crippen molar-refractivity contribution in [2.24, 2.45) is 0 Å². The maximum absolute atomic E-state index is 13.4. The molecule has 0 aliphatic carbocycles. The van der Waals surface area contributed by atoms with Crippen molar-refractivity contribution in [3.63, 3.8) is 0 Å². The summed E-state index contributed by atoms with van der Waals surface area (Å²) in [6.07, 6.45) is -1.84. The molecule has 3 heterocycles. The summed E-state index contributed by atoms with van der Waals surface area (Å²) in [5.74, 6) is 0.520. The molecule has 0 aliphatic heterocycles. The van der Waals surface area contributed by atoms with Crippen molar-refractivity contribution in [3.8, 4) is 17.3 Å². The second-order valence-corrected chi connectivity index (χ2v) is 9.28. The van der Waals surface area contributed by atoms with Crippen LogP contribution in [0.5, 0.6) is 0 Å². The lowest BCUT2D eigenvalue weighted by Crippen LogP contribution is -2.12. The van der Waals surface area contributed by atoms with E-state index in [1.807, 2.05) is 26.0 Å². The predicted octanol–water partition coefficient (Wildman–Crippen LogP) is 6.70. The predicted molar refractivity (Wildman–Crippen MR) is 134 cm³/mol. The van der Waals surface area contributed by atoms with Gasteiger partial charge in [-0.2, -0.15) is 13.2 Å². The van der Waals surface area contributed by atoms with Gasteiger partial charge < -0.3 is 14.2 Å². The molecular formula is C26H20F3N5O3S. The van der Waals surface area contributed by atoms with Crippen LogP contribution < -0.4 is 5.32 Å². The molecule has 0 saturated carbocycles. The second kappa shape index (κ2) is 10.2. The van der Waals surface area contributed by atoms with Gasteiger partial charge in [-0.05, 0) is 67.4 Å². The average Bonchev–Trinajstić information content (AvgIpc) is 3.65. The van der Waals surface area contributed by atoms with Gasteiger partial charge in [-0.3, -0.25) is 9.36 Å². The number of hydrogen-bond donors (Lipinski definition) is 1. The highest BCUT2D eigenvalue weighted by Gasteiger charge is 2.31. The molecule has 38 heavy (non-hydrogen) atoms. The van der Waals surface area contributed by atoms with Crippen LogP contribution in [-0.2, 0) is 11.9 Å². The van der Waals surface area contributed by atoms with Crippen molar-refractivity contribution in [1.29, 1.82) is 0 Å². The zero-order chi connectivity index (χ0) is 26.9. The molecular weight excluding hydrogens is 519 g/mol. The lowest BCUT2D eigenvalue weighted by Gasteiger charge is -2.12. The number of benzene rings is 2. The third kappa shape index (κ3) is 5.35. The number of carbonyl (C=O) groups is 1. The fraction of sp³-hybridized carbons (Fsp3) is 0.154. The van der Waals surface area contributed by atoms with Crippen molar-refractivity contribution in [2.45, 2.75) is 30.9 Å². The van der Waals surface area contributed by atoms with Gasteiger partial charge in [-0.15, -0.1) is 10.2 Å². The SMILES string of the molecule is Cc1ccc(NC(=O)c2coc(CSc3nnc(-c4ccco4)n3-c3cccc(C(F)(F)F)c3)n2)cc1C. The Balaban J connectivity index is 1.37. The number of carbonyl (C=O) groups excluding carboxylic acids is 1. The number of rotatable bonds is 7. The number of thioether (sulfide) groups is 1. The van der Waals surface area contributed by atoms with Crippen molar-refractivity contribution in [2.75, 3.05) is 5.32 Å². The smallest absolute Gasteiger partial charge is 0.416 e. The number of aryl methyl sites for hydroxylation is 2. The Morgan fingerprint density at radius 1 is 1.03 bits per heavy atom. The summed E-state index contributed by atoms with van der Waals surface area (Å²) in [5.41, 5.74) is 2.28. The minimum atomic E-state index is -4.52. The van der Waals surface area contributed by atoms with E-state index in [1.54, 1.807) is 18.2 Å². The number of nitrogens with zero attached hydrogens (tertiary/aromatic N) is 4. The molecule has 12 heteroatoms. The molecule has 0 fully saturated rings. The molecule has 0 atom stereocenters. The summed E-state index contributed by atoms with van der Waals surface area (Å²) in [7, 11) is 0. The topological polar surface area (TPSA) is 99.0 Å². The highest BCUT2D eigenvalue weighted by molar-refractivity contribution is 7.98. The summed E-state index contributed by atoms with van der Waals surface area (Å²) in [6, 6.07) is 13.7. The molecule has 194 valence electrons. The molecule has 0 unspecified atom stereocenters. The number of furan rings is 1. The molecule has 0 spiro atoms. The monoisotopic (exact) mass is 539 g/mol. The lowest BCUT2D eigenvalue weighted by molar-refractivity contribution is -0.137. The van der Waals surface area contributed by atoms with Gasteiger partial charge in [0.2, 0.25) is 11.7 Å². The number of amides is 1. The van der Waals surface area contributed by atoms with Gasteiger partial charge >= 0.3 is 6.18 Å². The first-order valence-corrected chi connectivity index (χ1v) is 12.3. The second-order valence-electron chi connectivity index (χ2n) is 8.34. The summed E-state index contributed by atoms with van der Waals surface area (Å²) in [4.78, 5) is 16.9. The van der Waals surface area contributed by atoms with Crippen LogP contribution in [0.25, 0.3) is 17.3 Å². The third-order valence-electron chi connectivity index (χ3n) is 5.68. The number of nitrogens with one attached hydrogen (secondary N) is 1. The van der Waals surface area contributed by atoms with E-state index in [0.717, 1.165) is 35.0 Å². The van der Waals surface area contributed by atoms with Crippen LogP contribution >= 0.6 is 11.8 Å². The standard InChI is InChI=1S/C26H20F3N5O3S/c1-15-8-9-18(11-16(15)2)30-24(35)20-13-37-22(31-20)14-38-25-33-32-23(21-7-4-10-36-21)34(25)19-6-3-5-17(12-19)26(27,28)29/h3-13H,14H2,1-2H3,(H,30,35). The van der Waals surface area contributed by atoms with Crippen LogP contribution in [0.4, 0.5) is 18.9 Å². The van der Waals surface area contributed by atoms with Gasteiger partial charge in [0.15, 0.2) is 16.6 Å². The Hall–Kier alpha value is -4.32. The molecule has 2 aromatic carbocycles. The van der Waals surface area contributed by atoms with Crippen molar-refractivity contribution >= 4 is 23.4 Å². The Morgan fingerprint density at radius 3 is 2.61 bits per heavy atom. The van der Waals surface area contributed by atoms with Gasteiger partial charge in [0.25, 0.3) is 5.91 Å². The number of aromatic nitrogens is 4. The first kappa shape index (κ1) is 25.3. The van der Waals surface area contributed by atoms with Gasteiger partial charge in [-0.25, -0.2) is 4.98 Å². The van der Waals surface area contributed by atoms with E-state index in [4.69, 9.17) is 8.83 Å². The Bertz CT molecular complexity index is 1590. The van der Waals surface area contributed by atoms with Crippen LogP contribution in [0.15, 0.2) is 81.1 Å². The molecule has 0 saturated heterocycles. The average molecular weight is 540 g/mol. The number of oxazole rings is 1.